The van der Waals surface area contributed by atoms with Crippen LogP contribution in [0.25, 0.3) is 0 Å². The largest absolute Gasteiger partial charge is 0.370 e. The number of ether oxygens (including phenoxy) is 1. The normalized spacial score (nSPS) is 24.2. The number of aromatic nitrogens is 1. The van der Waals surface area contributed by atoms with E-state index < -0.39 is 10.0 Å². The van der Waals surface area contributed by atoms with E-state index in [1.165, 1.54) is 0 Å². The summed E-state index contributed by atoms with van der Waals surface area (Å²) in [5.74, 6) is 1.47. The number of nitriles is 1. The van der Waals surface area contributed by atoms with Crippen molar-refractivity contribution >= 4 is 15.8 Å². The van der Waals surface area contributed by atoms with E-state index in [4.69, 9.17) is 9.72 Å². The van der Waals surface area contributed by atoms with Gasteiger partial charge < -0.3 is 9.64 Å². The minimum Gasteiger partial charge on any atom is -0.370 e. The zero-order chi connectivity index (χ0) is 22.6. The number of sulfonamides is 1. The van der Waals surface area contributed by atoms with Gasteiger partial charge in [0, 0.05) is 43.6 Å². The molecule has 1 saturated carbocycles. The van der Waals surface area contributed by atoms with Crippen LogP contribution < -0.4 is 4.90 Å². The molecule has 8 heteroatoms. The van der Waals surface area contributed by atoms with Crippen LogP contribution in [0.4, 0.5) is 5.82 Å². The van der Waals surface area contributed by atoms with E-state index in [1.807, 2.05) is 0 Å². The Kier molecular flexibility index (Phi) is 5.82. The number of hydrogen-bond acceptors (Lipinski definition) is 6. The molecule has 0 unspecified atom stereocenters. The molecular weight excluding hydrogens is 412 g/mol. The summed E-state index contributed by atoms with van der Waals surface area (Å²) >= 11 is 0. The van der Waals surface area contributed by atoms with Crippen LogP contribution in [0.3, 0.4) is 0 Å². The Morgan fingerprint density at radius 1 is 1.26 bits per heavy atom. The van der Waals surface area contributed by atoms with E-state index in [0.717, 1.165) is 35.5 Å². The van der Waals surface area contributed by atoms with Gasteiger partial charge in [0.2, 0.25) is 10.0 Å². The Morgan fingerprint density at radius 3 is 2.55 bits per heavy atom. The standard InChI is InChI=1S/C23H34N4O3S/c1-6-31(28,29)27-10-9-26(13-20(27)15(2)3)22-18(12-24)17-11-23(4,5)30-14-19(17)21(25-22)16-7-8-16/h15-16,20H,6-11,13-14H2,1-5H3/t20-/m0/s1. The number of fused-ring (bicyclic) bond motifs is 1. The predicted octanol–water partition coefficient (Wildman–Crippen LogP) is 3.18. The maximum absolute atomic E-state index is 12.7. The Labute approximate surface area is 186 Å². The summed E-state index contributed by atoms with van der Waals surface area (Å²) in [4.78, 5) is 7.20. The molecule has 0 radical (unpaired) electrons. The molecule has 0 aromatic carbocycles. The van der Waals surface area contributed by atoms with Crippen LogP contribution in [0.1, 0.15) is 75.8 Å². The lowest BCUT2D eigenvalue weighted by atomic mass is 9.87. The monoisotopic (exact) mass is 446 g/mol. The molecule has 170 valence electrons. The van der Waals surface area contributed by atoms with Gasteiger partial charge in [0.1, 0.15) is 11.9 Å². The number of pyridine rings is 1. The van der Waals surface area contributed by atoms with Crippen molar-refractivity contribution in [3.05, 3.63) is 22.4 Å². The lowest BCUT2D eigenvalue weighted by Gasteiger charge is -2.43. The van der Waals surface area contributed by atoms with Crippen molar-refractivity contribution in [1.29, 1.82) is 5.26 Å². The SMILES string of the molecule is CCS(=O)(=O)N1CCN(c2nc(C3CC3)c3c(c2C#N)CC(C)(C)OC3)C[C@H]1C(C)C. The third-order valence-electron chi connectivity index (χ3n) is 6.87. The van der Waals surface area contributed by atoms with Crippen molar-refractivity contribution in [2.45, 2.75) is 78.0 Å². The summed E-state index contributed by atoms with van der Waals surface area (Å²) in [5.41, 5.74) is 3.60. The maximum Gasteiger partial charge on any atom is 0.214 e. The van der Waals surface area contributed by atoms with Crippen molar-refractivity contribution in [3.63, 3.8) is 0 Å². The highest BCUT2D eigenvalue weighted by molar-refractivity contribution is 7.89. The van der Waals surface area contributed by atoms with Gasteiger partial charge in [0.15, 0.2) is 0 Å². The molecule has 2 aliphatic heterocycles. The van der Waals surface area contributed by atoms with E-state index in [1.54, 1.807) is 11.2 Å². The summed E-state index contributed by atoms with van der Waals surface area (Å²) in [6.07, 6.45) is 2.95. The molecular formula is C23H34N4O3S. The molecule has 2 fully saturated rings. The van der Waals surface area contributed by atoms with E-state index in [9.17, 15) is 13.7 Å². The lowest BCUT2D eigenvalue weighted by Crippen LogP contribution is -2.57. The van der Waals surface area contributed by atoms with Crippen LogP contribution in [0.15, 0.2) is 0 Å². The van der Waals surface area contributed by atoms with Crippen molar-refractivity contribution in [3.8, 4) is 6.07 Å². The minimum atomic E-state index is -3.27. The zero-order valence-corrected chi connectivity index (χ0v) is 20.1. The van der Waals surface area contributed by atoms with Crippen LogP contribution in [-0.2, 0) is 27.8 Å². The van der Waals surface area contributed by atoms with Crippen molar-refractivity contribution in [1.82, 2.24) is 9.29 Å². The molecule has 4 rings (SSSR count). The molecule has 1 aliphatic carbocycles. The fourth-order valence-corrected chi connectivity index (χ4v) is 6.27. The van der Waals surface area contributed by atoms with Gasteiger partial charge in [-0.05, 0) is 45.1 Å². The first-order valence-corrected chi connectivity index (χ1v) is 13.0. The average molecular weight is 447 g/mol. The molecule has 1 aromatic rings. The predicted molar refractivity (Wildman–Crippen MR) is 121 cm³/mol. The molecule has 7 nitrogen and oxygen atoms in total. The summed E-state index contributed by atoms with van der Waals surface area (Å²) < 4.78 is 33.1. The average Bonchev–Trinajstić information content (AvgIpc) is 3.56. The number of rotatable bonds is 5. The highest BCUT2D eigenvalue weighted by Gasteiger charge is 2.40. The number of hydrogen-bond donors (Lipinski definition) is 0. The summed E-state index contributed by atoms with van der Waals surface area (Å²) in [7, 11) is -3.27. The summed E-state index contributed by atoms with van der Waals surface area (Å²) in [6, 6.07) is 2.32. The molecule has 1 aromatic heterocycles. The third-order valence-corrected chi connectivity index (χ3v) is 8.77. The minimum absolute atomic E-state index is 0.109. The second-order valence-electron chi connectivity index (χ2n) is 10.0. The first-order chi connectivity index (χ1) is 14.6. The van der Waals surface area contributed by atoms with Gasteiger partial charge in [0.05, 0.1) is 29.2 Å². The molecule has 3 aliphatic rings. The first kappa shape index (κ1) is 22.5. The van der Waals surface area contributed by atoms with Crippen LogP contribution >= 0.6 is 0 Å². The summed E-state index contributed by atoms with van der Waals surface area (Å²) in [5, 5.41) is 10.2. The summed E-state index contributed by atoms with van der Waals surface area (Å²) in [6.45, 7) is 12.0. The smallest absolute Gasteiger partial charge is 0.214 e. The fraction of sp³-hybridized carbons (Fsp3) is 0.739. The van der Waals surface area contributed by atoms with E-state index in [2.05, 4.69) is 38.7 Å². The van der Waals surface area contributed by atoms with Gasteiger partial charge in [0.25, 0.3) is 0 Å². The Morgan fingerprint density at radius 2 is 1.97 bits per heavy atom. The van der Waals surface area contributed by atoms with Gasteiger partial charge >= 0.3 is 0 Å². The van der Waals surface area contributed by atoms with E-state index >= 15 is 0 Å². The topological polar surface area (TPSA) is 86.5 Å². The Bertz CT molecular complexity index is 1010. The van der Waals surface area contributed by atoms with Gasteiger partial charge in [-0.2, -0.15) is 9.57 Å². The van der Waals surface area contributed by atoms with Crippen LogP contribution in [0, 0.1) is 17.2 Å². The molecule has 0 amide bonds. The number of anilines is 1. The second kappa shape index (κ2) is 8.02. The van der Waals surface area contributed by atoms with Crippen LogP contribution in [0.2, 0.25) is 0 Å². The van der Waals surface area contributed by atoms with Gasteiger partial charge in [-0.25, -0.2) is 13.4 Å². The molecule has 3 heterocycles. The van der Waals surface area contributed by atoms with E-state index in [0.29, 0.717) is 44.1 Å². The lowest BCUT2D eigenvalue weighted by molar-refractivity contribution is -0.0407. The quantitative estimate of drug-likeness (QED) is 0.690. The number of piperazine rings is 1. The molecule has 1 atom stereocenters. The molecule has 1 saturated heterocycles. The maximum atomic E-state index is 12.7. The fourth-order valence-electron chi connectivity index (χ4n) is 4.86. The highest BCUT2D eigenvalue weighted by Crippen LogP contribution is 2.46. The van der Waals surface area contributed by atoms with Crippen molar-refractivity contribution < 1.29 is 13.2 Å². The highest BCUT2D eigenvalue weighted by atomic mass is 32.2. The van der Waals surface area contributed by atoms with Crippen molar-refractivity contribution in [2.24, 2.45) is 5.92 Å². The number of nitrogens with zero attached hydrogens (tertiary/aromatic N) is 4. The van der Waals surface area contributed by atoms with Gasteiger partial charge in [-0.1, -0.05) is 13.8 Å². The molecule has 0 bridgehead atoms. The molecule has 31 heavy (non-hydrogen) atoms. The van der Waals surface area contributed by atoms with Gasteiger partial charge in [-0.15, -0.1) is 0 Å². The van der Waals surface area contributed by atoms with Crippen LogP contribution in [-0.4, -0.2) is 54.7 Å². The zero-order valence-electron chi connectivity index (χ0n) is 19.3. The second-order valence-corrected chi connectivity index (χ2v) is 12.2. The van der Waals surface area contributed by atoms with Crippen molar-refractivity contribution in [2.75, 3.05) is 30.3 Å². The molecule has 0 spiro atoms. The van der Waals surface area contributed by atoms with Crippen LogP contribution in [0.5, 0.6) is 0 Å². The first-order valence-electron chi connectivity index (χ1n) is 11.4. The Hall–Kier alpha value is -1.69. The van der Waals surface area contributed by atoms with Gasteiger partial charge in [-0.3, -0.25) is 0 Å². The molecule has 0 N–H and O–H groups in total. The Balaban J connectivity index is 1.76. The van der Waals surface area contributed by atoms with E-state index in [-0.39, 0.29) is 23.3 Å². The third kappa shape index (κ3) is 4.20.